The van der Waals surface area contributed by atoms with Crippen LogP contribution < -0.4 is 0 Å². The summed E-state index contributed by atoms with van der Waals surface area (Å²) in [6, 6.07) is -0.826. The Labute approximate surface area is 190 Å². The van der Waals surface area contributed by atoms with Gasteiger partial charge in [0.15, 0.2) is 0 Å². The van der Waals surface area contributed by atoms with Gasteiger partial charge in [0.25, 0.3) is 0 Å². The SMILES string of the molecule is COCCN1CC2CN(CC(=O)N(C)Cc3cn(C)nc3C)C(=O)N2C(CC(C)C)C1=O. The molecule has 0 bridgehead atoms. The lowest BCUT2D eigenvalue weighted by Crippen LogP contribution is -2.61. The van der Waals surface area contributed by atoms with Crippen molar-refractivity contribution in [3.63, 3.8) is 0 Å². The zero-order chi connectivity index (χ0) is 23.6. The topological polar surface area (TPSA) is 91.2 Å². The predicted molar refractivity (Wildman–Crippen MR) is 119 cm³/mol. The summed E-state index contributed by atoms with van der Waals surface area (Å²) in [5, 5.41) is 4.32. The molecule has 4 amide bonds. The molecule has 1 aromatic heterocycles. The van der Waals surface area contributed by atoms with Crippen molar-refractivity contribution < 1.29 is 19.1 Å². The van der Waals surface area contributed by atoms with Crippen molar-refractivity contribution in [1.29, 1.82) is 0 Å². The fraction of sp³-hybridized carbons (Fsp3) is 0.727. The molecule has 0 aromatic carbocycles. The largest absolute Gasteiger partial charge is 0.383 e. The number of ether oxygens (including phenoxy) is 1. The fourth-order valence-electron chi connectivity index (χ4n) is 4.58. The molecule has 178 valence electrons. The molecule has 3 heterocycles. The van der Waals surface area contributed by atoms with Crippen LogP contribution in [0.4, 0.5) is 4.79 Å². The van der Waals surface area contributed by atoms with E-state index in [9.17, 15) is 14.4 Å². The van der Waals surface area contributed by atoms with E-state index in [0.717, 1.165) is 11.3 Å². The third-order valence-electron chi connectivity index (χ3n) is 6.21. The van der Waals surface area contributed by atoms with Gasteiger partial charge in [0.05, 0.1) is 18.3 Å². The predicted octanol–water partition coefficient (Wildman–Crippen LogP) is 0.696. The molecule has 2 unspecified atom stereocenters. The van der Waals surface area contributed by atoms with Crippen LogP contribution >= 0.6 is 0 Å². The summed E-state index contributed by atoms with van der Waals surface area (Å²) in [5.41, 5.74) is 1.86. The van der Waals surface area contributed by atoms with Crippen LogP contribution in [0.5, 0.6) is 0 Å². The van der Waals surface area contributed by atoms with Gasteiger partial charge in [0.2, 0.25) is 11.8 Å². The number of rotatable bonds is 9. The number of carbonyl (C=O) groups excluding carboxylic acids is 3. The molecule has 0 saturated carbocycles. The number of likely N-dealkylation sites (N-methyl/N-ethyl adjacent to an activating group) is 1. The smallest absolute Gasteiger partial charge is 0.321 e. The fourth-order valence-corrected chi connectivity index (χ4v) is 4.58. The van der Waals surface area contributed by atoms with Gasteiger partial charge in [-0.15, -0.1) is 0 Å². The van der Waals surface area contributed by atoms with Gasteiger partial charge in [-0.3, -0.25) is 14.3 Å². The number of hydrogen-bond acceptors (Lipinski definition) is 5. The third kappa shape index (κ3) is 5.06. The molecule has 2 fully saturated rings. The number of aryl methyl sites for hydroxylation is 2. The van der Waals surface area contributed by atoms with Gasteiger partial charge in [-0.05, 0) is 19.3 Å². The third-order valence-corrected chi connectivity index (χ3v) is 6.21. The Balaban J connectivity index is 1.69. The molecule has 0 spiro atoms. The number of nitrogens with zero attached hydrogens (tertiary/aromatic N) is 6. The average Bonchev–Trinajstić information content (AvgIpc) is 3.20. The monoisotopic (exact) mass is 448 g/mol. The maximum absolute atomic E-state index is 13.2. The van der Waals surface area contributed by atoms with Crippen LogP contribution in [0.2, 0.25) is 0 Å². The second kappa shape index (κ2) is 9.89. The van der Waals surface area contributed by atoms with E-state index in [0.29, 0.717) is 39.2 Å². The summed E-state index contributed by atoms with van der Waals surface area (Å²) in [4.78, 5) is 46.0. The van der Waals surface area contributed by atoms with Gasteiger partial charge in [-0.25, -0.2) is 4.79 Å². The molecule has 10 nitrogen and oxygen atoms in total. The Bertz CT molecular complexity index is 853. The molecule has 0 N–H and O–H groups in total. The lowest BCUT2D eigenvalue weighted by molar-refractivity contribution is -0.143. The van der Waals surface area contributed by atoms with Crippen LogP contribution in [0.15, 0.2) is 6.20 Å². The number of hydrogen-bond donors (Lipinski definition) is 0. The molecule has 10 heteroatoms. The van der Waals surface area contributed by atoms with E-state index in [-0.39, 0.29) is 36.3 Å². The zero-order valence-electron chi connectivity index (χ0n) is 20.1. The average molecular weight is 449 g/mol. The molecule has 0 radical (unpaired) electrons. The normalized spacial score (nSPS) is 21.0. The van der Waals surface area contributed by atoms with Gasteiger partial charge < -0.3 is 24.3 Å². The van der Waals surface area contributed by atoms with E-state index in [1.165, 1.54) is 0 Å². The number of fused-ring (bicyclic) bond motifs is 1. The molecule has 2 atom stereocenters. The molecule has 3 rings (SSSR count). The second-order valence-corrected chi connectivity index (χ2v) is 9.31. The lowest BCUT2D eigenvalue weighted by Gasteiger charge is -2.42. The van der Waals surface area contributed by atoms with Crippen LogP contribution in [-0.4, -0.2) is 106 Å². The van der Waals surface area contributed by atoms with Crippen molar-refractivity contribution >= 4 is 17.8 Å². The number of carbonyl (C=O) groups is 3. The summed E-state index contributed by atoms with van der Waals surface area (Å²) in [7, 11) is 5.20. The first kappa shape index (κ1) is 24.0. The Kier molecular flexibility index (Phi) is 7.43. The van der Waals surface area contributed by atoms with Crippen molar-refractivity contribution in [3.8, 4) is 0 Å². The van der Waals surface area contributed by atoms with E-state index in [2.05, 4.69) is 5.10 Å². The van der Waals surface area contributed by atoms with Crippen molar-refractivity contribution in [2.75, 3.05) is 46.9 Å². The van der Waals surface area contributed by atoms with E-state index in [1.807, 2.05) is 34.0 Å². The molecule has 32 heavy (non-hydrogen) atoms. The highest BCUT2D eigenvalue weighted by Crippen LogP contribution is 2.29. The first-order valence-electron chi connectivity index (χ1n) is 11.2. The quantitative estimate of drug-likeness (QED) is 0.555. The molecular weight excluding hydrogens is 412 g/mol. The zero-order valence-corrected chi connectivity index (χ0v) is 20.1. The van der Waals surface area contributed by atoms with Crippen molar-refractivity contribution in [1.82, 2.24) is 29.4 Å². The summed E-state index contributed by atoms with van der Waals surface area (Å²) in [5.74, 6) is 0.103. The van der Waals surface area contributed by atoms with E-state index in [1.54, 1.807) is 38.4 Å². The van der Waals surface area contributed by atoms with Gasteiger partial charge in [-0.1, -0.05) is 13.8 Å². The number of piperazine rings is 1. The molecule has 2 aliphatic heterocycles. The standard InChI is InChI=1S/C22H36N6O4/c1-15(2)9-19-21(30)26(7-8-32-6)12-18-13-27(22(31)28(18)19)14-20(29)24(4)10-17-11-25(5)23-16(17)3/h11,15,18-19H,7-10,12-14H2,1-6H3. The van der Waals surface area contributed by atoms with Crippen LogP contribution in [0, 0.1) is 12.8 Å². The van der Waals surface area contributed by atoms with Crippen LogP contribution in [-0.2, 0) is 27.9 Å². The maximum atomic E-state index is 13.2. The molecule has 2 aliphatic rings. The molecular formula is C22H36N6O4. The minimum Gasteiger partial charge on any atom is -0.383 e. The summed E-state index contributed by atoms with van der Waals surface area (Å²) < 4.78 is 6.89. The Morgan fingerprint density at radius 1 is 1.28 bits per heavy atom. The lowest BCUT2D eigenvalue weighted by atomic mass is 9.97. The van der Waals surface area contributed by atoms with E-state index >= 15 is 0 Å². The second-order valence-electron chi connectivity index (χ2n) is 9.31. The minimum absolute atomic E-state index is 0.00228. The highest BCUT2D eigenvalue weighted by atomic mass is 16.5. The van der Waals surface area contributed by atoms with Gasteiger partial charge in [0.1, 0.15) is 12.6 Å². The highest BCUT2D eigenvalue weighted by molar-refractivity contribution is 5.91. The number of urea groups is 1. The molecule has 2 saturated heterocycles. The Morgan fingerprint density at radius 3 is 2.56 bits per heavy atom. The molecule has 0 aliphatic carbocycles. The minimum atomic E-state index is -0.492. The van der Waals surface area contributed by atoms with E-state index < -0.39 is 6.04 Å². The summed E-state index contributed by atoms with van der Waals surface area (Å²) in [6.07, 6.45) is 2.50. The van der Waals surface area contributed by atoms with Crippen LogP contribution in [0.3, 0.4) is 0 Å². The number of amides is 4. The first-order valence-corrected chi connectivity index (χ1v) is 11.2. The molecule has 1 aromatic rings. The van der Waals surface area contributed by atoms with Crippen molar-refractivity contribution in [3.05, 3.63) is 17.5 Å². The van der Waals surface area contributed by atoms with Gasteiger partial charge >= 0.3 is 6.03 Å². The Morgan fingerprint density at radius 2 is 1.97 bits per heavy atom. The summed E-state index contributed by atoms with van der Waals surface area (Å²) in [6.45, 7) is 8.33. The number of methoxy groups -OCH3 is 1. The maximum Gasteiger partial charge on any atom is 0.321 e. The van der Waals surface area contributed by atoms with E-state index in [4.69, 9.17) is 4.74 Å². The van der Waals surface area contributed by atoms with Crippen LogP contribution in [0.25, 0.3) is 0 Å². The van der Waals surface area contributed by atoms with Crippen LogP contribution in [0.1, 0.15) is 31.5 Å². The highest BCUT2D eigenvalue weighted by Gasteiger charge is 2.49. The van der Waals surface area contributed by atoms with Gasteiger partial charge in [0, 0.05) is 59.1 Å². The van der Waals surface area contributed by atoms with Crippen molar-refractivity contribution in [2.24, 2.45) is 13.0 Å². The van der Waals surface area contributed by atoms with Crippen molar-refractivity contribution in [2.45, 2.75) is 45.8 Å². The van der Waals surface area contributed by atoms with Gasteiger partial charge in [-0.2, -0.15) is 5.10 Å². The Hall–Kier alpha value is -2.62. The first-order chi connectivity index (χ1) is 15.1. The number of aromatic nitrogens is 2. The summed E-state index contributed by atoms with van der Waals surface area (Å²) >= 11 is 0.